The van der Waals surface area contributed by atoms with E-state index in [0.717, 1.165) is 10.7 Å². The lowest BCUT2D eigenvalue weighted by molar-refractivity contribution is 0.0608. The Morgan fingerprint density at radius 2 is 2.12 bits per heavy atom. The van der Waals surface area contributed by atoms with Gasteiger partial charge in [-0.3, -0.25) is 0 Å². The number of aromatic nitrogens is 1. The number of aliphatic hydroxyl groups is 1. The molecule has 3 nitrogen and oxygen atoms in total. The number of pyridine rings is 1. The van der Waals surface area contributed by atoms with Gasteiger partial charge in [-0.1, -0.05) is 6.92 Å². The van der Waals surface area contributed by atoms with E-state index in [2.05, 4.69) is 31.0 Å². The van der Waals surface area contributed by atoms with E-state index in [1.165, 1.54) is 5.56 Å². The van der Waals surface area contributed by atoms with E-state index in [1.54, 1.807) is 18.7 Å². The van der Waals surface area contributed by atoms with Crippen LogP contribution in [0.15, 0.2) is 17.2 Å². The van der Waals surface area contributed by atoms with Crippen molar-refractivity contribution in [2.45, 2.75) is 50.0 Å². The molecule has 0 radical (unpaired) electrons. The number of thioether (sulfide) groups is 1. The molecule has 0 fully saturated rings. The second-order valence-electron chi connectivity index (χ2n) is 4.96. The Labute approximate surface area is 108 Å². The molecule has 0 aromatic carbocycles. The minimum absolute atomic E-state index is 0.290. The van der Waals surface area contributed by atoms with E-state index >= 15 is 0 Å². The second-order valence-corrected chi connectivity index (χ2v) is 6.42. The lowest BCUT2D eigenvalue weighted by Crippen LogP contribution is -2.36. The predicted octanol–water partition coefficient (Wildman–Crippen LogP) is 2.28. The van der Waals surface area contributed by atoms with Crippen LogP contribution in [-0.4, -0.2) is 27.5 Å². The van der Waals surface area contributed by atoms with Gasteiger partial charge in [0.05, 0.1) is 10.6 Å². The van der Waals surface area contributed by atoms with Crippen LogP contribution in [0.3, 0.4) is 0 Å². The average Bonchev–Trinajstić information content (AvgIpc) is 2.14. The first kappa shape index (κ1) is 14.5. The summed E-state index contributed by atoms with van der Waals surface area (Å²) in [6, 6.07) is 4.14. The Kier molecular flexibility index (Phi) is 4.98. The molecule has 2 unspecified atom stereocenters. The van der Waals surface area contributed by atoms with Crippen molar-refractivity contribution in [2.24, 2.45) is 5.73 Å². The fraction of sp³-hybridized carbons (Fsp3) is 0.615. The third-order valence-electron chi connectivity index (χ3n) is 2.56. The predicted molar refractivity (Wildman–Crippen MR) is 73.3 cm³/mol. The molecule has 96 valence electrons. The van der Waals surface area contributed by atoms with Crippen molar-refractivity contribution >= 4 is 11.8 Å². The zero-order valence-electron chi connectivity index (χ0n) is 11.0. The smallest absolute Gasteiger partial charge is 0.0968 e. The Bertz CT molecular complexity index is 359. The summed E-state index contributed by atoms with van der Waals surface area (Å²) in [6.45, 7) is 8.22. The maximum Gasteiger partial charge on any atom is 0.0968 e. The highest BCUT2D eigenvalue weighted by molar-refractivity contribution is 7.99. The van der Waals surface area contributed by atoms with E-state index < -0.39 is 5.60 Å². The van der Waals surface area contributed by atoms with Crippen LogP contribution in [0.25, 0.3) is 0 Å². The zero-order valence-corrected chi connectivity index (χ0v) is 11.8. The minimum Gasteiger partial charge on any atom is -0.389 e. The van der Waals surface area contributed by atoms with E-state index in [4.69, 9.17) is 5.73 Å². The summed E-state index contributed by atoms with van der Waals surface area (Å²) in [5, 5.41) is 11.2. The van der Waals surface area contributed by atoms with Crippen LogP contribution in [0, 0.1) is 13.8 Å². The van der Waals surface area contributed by atoms with Crippen molar-refractivity contribution < 1.29 is 5.11 Å². The van der Waals surface area contributed by atoms with Crippen molar-refractivity contribution in [3.8, 4) is 0 Å². The molecule has 4 heteroatoms. The van der Waals surface area contributed by atoms with E-state index in [0.29, 0.717) is 11.7 Å². The topological polar surface area (TPSA) is 59.1 Å². The van der Waals surface area contributed by atoms with Crippen molar-refractivity contribution in [3.05, 3.63) is 23.4 Å². The average molecular weight is 254 g/mol. The Hall–Kier alpha value is -0.580. The number of rotatable bonds is 5. The fourth-order valence-electron chi connectivity index (χ4n) is 1.82. The molecular weight excluding hydrogens is 232 g/mol. The van der Waals surface area contributed by atoms with Crippen LogP contribution in [0.2, 0.25) is 0 Å². The third kappa shape index (κ3) is 5.06. The maximum absolute atomic E-state index is 9.92. The van der Waals surface area contributed by atoms with E-state index in [-0.39, 0.29) is 6.54 Å². The molecule has 0 aliphatic heterocycles. The molecule has 17 heavy (non-hydrogen) atoms. The second kappa shape index (κ2) is 5.85. The number of hydrogen-bond acceptors (Lipinski definition) is 4. The van der Waals surface area contributed by atoms with Crippen LogP contribution in [0.4, 0.5) is 0 Å². The molecule has 0 saturated heterocycles. The molecule has 1 heterocycles. The minimum atomic E-state index is -0.786. The van der Waals surface area contributed by atoms with Crippen LogP contribution in [0.5, 0.6) is 0 Å². The highest BCUT2D eigenvalue weighted by Gasteiger charge is 2.22. The van der Waals surface area contributed by atoms with Gasteiger partial charge in [0.25, 0.3) is 0 Å². The van der Waals surface area contributed by atoms with Crippen LogP contribution in [0.1, 0.15) is 31.5 Å². The normalized spacial score (nSPS) is 16.6. The van der Waals surface area contributed by atoms with Gasteiger partial charge in [-0.15, -0.1) is 11.8 Å². The molecule has 1 aromatic rings. The van der Waals surface area contributed by atoms with Gasteiger partial charge in [0.1, 0.15) is 0 Å². The number of nitrogens with zero attached hydrogens (tertiary/aromatic N) is 1. The lowest BCUT2D eigenvalue weighted by atomic mass is 10.0. The summed E-state index contributed by atoms with van der Waals surface area (Å²) < 4.78 is 0. The molecule has 0 bridgehead atoms. The quantitative estimate of drug-likeness (QED) is 0.791. The SMILES string of the molecule is Cc1cc(C)nc(SC(C)CC(C)(O)CN)c1. The van der Waals surface area contributed by atoms with E-state index in [9.17, 15) is 5.11 Å². The number of hydrogen-bond donors (Lipinski definition) is 2. The molecule has 1 rings (SSSR count). The number of aryl methyl sites for hydroxylation is 2. The van der Waals surface area contributed by atoms with Gasteiger partial charge < -0.3 is 10.8 Å². The molecule has 0 saturated carbocycles. The molecule has 0 spiro atoms. The molecule has 0 aliphatic rings. The van der Waals surface area contributed by atoms with Gasteiger partial charge in [0.2, 0.25) is 0 Å². The molecule has 3 N–H and O–H groups in total. The zero-order chi connectivity index (χ0) is 13.1. The van der Waals surface area contributed by atoms with Gasteiger partial charge in [-0.2, -0.15) is 0 Å². The van der Waals surface area contributed by atoms with Gasteiger partial charge in [-0.25, -0.2) is 4.98 Å². The molecule has 1 aromatic heterocycles. The summed E-state index contributed by atoms with van der Waals surface area (Å²) in [4.78, 5) is 4.48. The molecule has 0 aliphatic carbocycles. The van der Waals surface area contributed by atoms with Crippen molar-refractivity contribution in [3.63, 3.8) is 0 Å². The Balaban J connectivity index is 2.65. The van der Waals surface area contributed by atoms with Crippen LogP contribution < -0.4 is 5.73 Å². The maximum atomic E-state index is 9.92. The third-order valence-corrected chi connectivity index (χ3v) is 3.58. The monoisotopic (exact) mass is 254 g/mol. The summed E-state index contributed by atoms with van der Waals surface area (Å²) in [5.41, 5.74) is 6.99. The van der Waals surface area contributed by atoms with E-state index in [1.807, 2.05) is 6.92 Å². The molecule has 2 atom stereocenters. The van der Waals surface area contributed by atoms with Crippen molar-refractivity contribution in [1.29, 1.82) is 0 Å². The largest absolute Gasteiger partial charge is 0.389 e. The van der Waals surface area contributed by atoms with Crippen LogP contribution >= 0.6 is 11.8 Å². The lowest BCUT2D eigenvalue weighted by Gasteiger charge is -2.24. The first-order valence-electron chi connectivity index (χ1n) is 5.87. The Morgan fingerprint density at radius 3 is 2.65 bits per heavy atom. The highest BCUT2D eigenvalue weighted by Crippen LogP contribution is 2.27. The van der Waals surface area contributed by atoms with Crippen molar-refractivity contribution in [2.75, 3.05) is 6.54 Å². The standard InChI is InChI=1S/C13H22N2OS/c1-9-5-10(2)15-12(6-9)17-11(3)7-13(4,16)8-14/h5-6,11,16H,7-8,14H2,1-4H3. The Morgan fingerprint density at radius 1 is 1.47 bits per heavy atom. The molecular formula is C13H22N2OS. The fourth-order valence-corrected chi connectivity index (χ4v) is 3.12. The summed E-state index contributed by atoms with van der Waals surface area (Å²) in [5.74, 6) is 0. The van der Waals surface area contributed by atoms with Crippen LogP contribution in [-0.2, 0) is 0 Å². The number of nitrogens with two attached hydrogens (primary N) is 1. The summed E-state index contributed by atoms with van der Waals surface area (Å²) in [7, 11) is 0. The molecule has 0 amide bonds. The summed E-state index contributed by atoms with van der Waals surface area (Å²) >= 11 is 1.69. The van der Waals surface area contributed by atoms with Crippen molar-refractivity contribution in [1.82, 2.24) is 4.98 Å². The summed E-state index contributed by atoms with van der Waals surface area (Å²) in [6.07, 6.45) is 0.669. The first-order valence-corrected chi connectivity index (χ1v) is 6.75. The first-order chi connectivity index (χ1) is 7.82. The van der Waals surface area contributed by atoms with Gasteiger partial charge in [0.15, 0.2) is 0 Å². The van der Waals surface area contributed by atoms with Gasteiger partial charge in [0, 0.05) is 17.5 Å². The van der Waals surface area contributed by atoms with Gasteiger partial charge >= 0.3 is 0 Å². The highest BCUT2D eigenvalue weighted by atomic mass is 32.2. The van der Waals surface area contributed by atoms with Gasteiger partial charge in [-0.05, 0) is 44.9 Å².